The summed E-state index contributed by atoms with van der Waals surface area (Å²) in [6.45, 7) is 0. The van der Waals surface area contributed by atoms with E-state index in [9.17, 15) is 0 Å². The molecular weight excluding hydrogens is 250 g/mol. The molecular formula is C12H10ClN5. The highest BCUT2D eigenvalue weighted by atomic mass is 35.5. The lowest BCUT2D eigenvalue weighted by Gasteiger charge is -2.07. The highest BCUT2D eigenvalue weighted by molar-refractivity contribution is 6.30. The highest BCUT2D eigenvalue weighted by Crippen LogP contribution is 2.21. The van der Waals surface area contributed by atoms with E-state index in [0.29, 0.717) is 16.8 Å². The molecule has 0 bridgehead atoms. The van der Waals surface area contributed by atoms with E-state index in [1.807, 2.05) is 24.3 Å². The zero-order chi connectivity index (χ0) is 12.5. The van der Waals surface area contributed by atoms with E-state index in [2.05, 4.69) is 20.4 Å². The van der Waals surface area contributed by atoms with Gasteiger partial charge in [-0.25, -0.2) is 9.67 Å². The van der Waals surface area contributed by atoms with Gasteiger partial charge in [-0.3, -0.25) is 0 Å². The molecule has 0 radical (unpaired) electrons. The number of hydrogen-bond acceptors (Lipinski definition) is 4. The fourth-order valence-electron chi connectivity index (χ4n) is 1.76. The van der Waals surface area contributed by atoms with E-state index < -0.39 is 0 Å². The fourth-order valence-corrected chi connectivity index (χ4v) is 1.90. The Hall–Kier alpha value is -2.14. The third-order valence-electron chi connectivity index (χ3n) is 2.57. The van der Waals surface area contributed by atoms with Crippen molar-refractivity contribution in [3.8, 4) is 5.82 Å². The van der Waals surface area contributed by atoms with Gasteiger partial charge in [-0.2, -0.15) is 10.1 Å². The molecule has 0 atom stereocenters. The maximum Gasteiger partial charge on any atom is 0.225 e. The lowest BCUT2D eigenvalue weighted by molar-refractivity contribution is 0.852. The summed E-state index contributed by atoms with van der Waals surface area (Å²) in [5.74, 6) is 1.26. The number of nitrogens with zero attached hydrogens (tertiary/aromatic N) is 4. The molecule has 6 heteroatoms. The Morgan fingerprint density at radius 2 is 2.06 bits per heavy atom. The second-order valence-corrected chi connectivity index (χ2v) is 4.18. The first-order valence-electron chi connectivity index (χ1n) is 5.43. The zero-order valence-corrected chi connectivity index (χ0v) is 10.4. The van der Waals surface area contributed by atoms with Gasteiger partial charge in [0.2, 0.25) is 5.95 Å². The number of rotatable bonds is 2. The summed E-state index contributed by atoms with van der Waals surface area (Å²) in [4.78, 5) is 8.81. The standard InChI is InChI=1S/C12H10ClN5/c1-14-12-16-10-5-3-2-4-9(10)11(17-12)18-7-8(13)6-15-18/h2-7H,1H3,(H,14,16,17). The lowest BCUT2D eigenvalue weighted by atomic mass is 10.2. The SMILES string of the molecule is CNc1nc(-n2cc(Cl)cn2)c2ccccc2n1. The summed E-state index contributed by atoms with van der Waals surface area (Å²) in [5, 5.41) is 8.62. The number of para-hydroxylation sites is 1. The van der Waals surface area contributed by atoms with Crippen molar-refractivity contribution in [3.05, 3.63) is 41.7 Å². The van der Waals surface area contributed by atoms with Crippen LogP contribution in [0.5, 0.6) is 0 Å². The molecule has 2 heterocycles. The Bertz CT molecular complexity index is 707. The van der Waals surface area contributed by atoms with Crippen LogP contribution in [0.1, 0.15) is 0 Å². The number of nitrogens with one attached hydrogen (secondary N) is 1. The molecule has 0 saturated heterocycles. The maximum absolute atomic E-state index is 5.89. The normalized spacial score (nSPS) is 10.8. The molecule has 0 aliphatic heterocycles. The van der Waals surface area contributed by atoms with Gasteiger partial charge in [0.25, 0.3) is 0 Å². The minimum Gasteiger partial charge on any atom is -0.357 e. The predicted molar refractivity (Wildman–Crippen MR) is 71.2 cm³/mol. The molecule has 0 aliphatic carbocycles. The summed E-state index contributed by atoms with van der Waals surface area (Å²) in [5.41, 5.74) is 0.860. The van der Waals surface area contributed by atoms with Crippen LogP contribution in [0.4, 0.5) is 5.95 Å². The first-order valence-corrected chi connectivity index (χ1v) is 5.81. The minimum atomic E-state index is 0.551. The van der Waals surface area contributed by atoms with Crippen LogP contribution in [-0.4, -0.2) is 26.8 Å². The van der Waals surface area contributed by atoms with Gasteiger partial charge >= 0.3 is 0 Å². The summed E-state index contributed by atoms with van der Waals surface area (Å²) in [6.07, 6.45) is 3.30. The summed E-state index contributed by atoms with van der Waals surface area (Å²) < 4.78 is 1.65. The zero-order valence-electron chi connectivity index (χ0n) is 9.63. The number of anilines is 1. The Balaban J connectivity index is 2.32. The maximum atomic E-state index is 5.89. The van der Waals surface area contributed by atoms with Crippen molar-refractivity contribution in [3.63, 3.8) is 0 Å². The number of halogens is 1. The minimum absolute atomic E-state index is 0.551. The summed E-state index contributed by atoms with van der Waals surface area (Å²) in [7, 11) is 1.78. The van der Waals surface area contributed by atoms with Crippen LogP contribution < -0.4 is 5.32 Å². The molecule has 0 unspecified atom stereocenters. The molecule has 0 aliphatic rings. The molecule has 90 valence electrons. The molecule has 5 nitrogen and oxygen atoms in total. The molecule has 0 amide bonds. The average Bonchev–Trinajstić information content (AvgIpc) is 2.84. The van der Waals surface area contributed by atoms with Crippen LogP contribution in [0.2, 0.25) is 5.02 Å². The van der Waals surface area contributed by atoms with Crippen LogP contribution >= 0.6 is 11.6 Å². The van der Waals surface area contributed by atoms with E-state index in [0.717, 1.165) is 10.9 Å². The third kappa shape index (κ3) is 1.78. The van der Waals surface area contributed by atoms with Crippen LogP contribution in [0, 0.1) is 0 Å². The van der Waals surface area contributed by atoms with E-state index in [4.69, 9.17) is 11.6 Å². The van der Waals surface area contributed by atoms with Gasteiger partial charge in [0, 0.05) is 12.4 Å². The number of hydrogen-bond donors (Lipinski definition) is 1. The Kier molecular flexibility index (Phi) is 2.60. The van der Waals surface area contributed by atoms with Crippen molar-refractivity contribution in [1.82, 2.24) is 19.7 Å². The van der Waals surface area contributed by atoms with Crippen LogP contribution in [0.15, 0.2) is 36.7 Å². The van der Waals surface area contributed by atoms with E-state index in [1.165, 1.54) is 0 Å². The first-order chi connectivity index (χ1) is 8.78. The van der Waals surface area contributed by atoms with Gasteiger partial charge in [0.15, 0.2) is 5.82 Å². The fraction of sp³-hybridized carbons (Fsp3) is 0.0833. The van der Waals surface area contributed by atoms with E-state index in [1.54, 1.807) is 24.1 Å². The monoisotopic (exact) mass is 259 g/mol. The van der Waals surface area contributed by atoms with Gasteiger partial charge in [-0.1, -0.05) is 23.7 Å². The van der Waals surface area contributed by atoms with Gasteiger partial charge in [-0.05, 0) is 12.1 Å². The smallest absolute Gasteiger partial charge is 0.225 e. The molecule has 1 aromatic carbocycles. The molecule has 0 fully saturated rings. The second kappa shape index (κ2) is 4.27. The van der Waals surface area contributed by atoms with Gasteiger partial charge in [-0.15, -0.1) is 0 Å². The molecule has 0 saturated carbocycles. The molecule has 3 aromatic rings. The molecule has 18 heavy (non-hydrogen) atoms. The van der Waals surface area contributed by atoms with E-state index >= 15 is 0 Å². The largest absolute Gasteiger partial charge is 0.357 e. The van der Waals surface area contributed by atoms with Crippen molar-refractivity contribution in [2.24, 2.45) is 0 Å². The molecule has 1 N–H and O–H groups in total. The van der Waals surface area contributed by atoms with Crippen LogP contribution in [0.3, 0.4) is 0 Å². The lowest BCUT2D eigenvalue weighted by Crippen LogP contribution is -2.04. The van der Waals surface area contributed by atoms with Crippen LogP contribution in [-0.2, 0) is 0 Å². The van der Waals surface area contributed by atoms with Crippen molar-refractivity contribution in [2.75, 3.05) is 12.4 Å². The average molecular weight is 260 g/mol. The highest BCUT2D eigenvalue weighted by Gasteiger charge is 2.09. The second-order valence-electron chi connectivity index (χ2n) is 3.74. The Morgan fingerprint density at radius 3 is 2.78 bits per heavy atom. The number of benzene rings is 1. The Labute approximate surface area is 108 Å². The van der Waals surface area contributed by atoms with Crippen LogP contribution in [0.25, 0.3) is 16.7 Å². The van der Waals surface area contributed by atoms with E-state index in [-0.39, 0.29) is 0 Å². The van der Waals surface area contributed by atoms with Crippen molar-refractivity contribution in [1.29, 1.82) is 0 Å². The van der Waals surface area contributed by atoms with Gasteiger partial charge < -0.3 is 5.32 Å². The Morgan fingerprint density at radius 1 is 1.22 bits per heavy atom. The van der Waals surface area contributed by atoms with Gasteiger partial charge in [0.1, 0.15) is 0 Å². The topological polar surface area (TPSA) is 55.6 Å². The first kappa shape index (κ1) is 11.0. The van der Waals surface area contributed by atoms with Crippen molar-refractivity contribution < 1.29 is 0 Å². The third-order valence-corrected chi connectivity index (χ3v) is 2.77. The number of fused-ring (bicyclic) bond motifs is 1. The summed E-state index contributed by atoms with van der Waals surface area (Å²) in [6, 6.07) is 7.78. The molecule has 0 spiro atoms. The van der Waals surface area contributed by atoms with Crippen molar-refractivity contribution in [2.45, 2.75) is 0 Å². The predicted octanol–water partition coefficient (Wildman–Crippen LogP) is 2.51. The molecule has 3 rings (SSSR count). The van der Waals surface area contributed by atoms with Crippen molar-refractivity contribution >= 4 is 28.5 Å². The van der Waals surface area contributed by atoms with Gasteiger partial charge in [0.05, 0.1) is 22.9 Å². The number of aromatic nitrogens is 4. The molecule has 2 aromatic heterocycles. The quantitative estimate of drug-likeness (QED) is 0.768. The summed E-state index contributed by atoms with van der Waals surface area (Å²) >= 11 is 5.89.